The number of aromatic amines is 1. The van der Waals surface area contributed by atoms with Crippen LogP contribution in [0, 0.1) is 0 Å². The third-order valence-electron chi connectivity index (χ3n) is 6.03. The summed E-state index contributed by atoms with van der Waals surface area (Å²) >= 11 is 8.12. The van der Waals surface area contributed by atoms with E-state index in [1.54, 1.807) is 0 Å². The second-order valence-electron chi connectivity index (χ2n) is 10.9. The maximum absolute atomic E-state index is 6.18. The number of rotatable bonds is 7. The summed E-state index contributed by atoms with van der Waals surface area (Å²) in [5.74, 6) is 1.20. The van der Waals surface area contributed by atoms with Gasteiger partial charge in [0.25, 0.3) is 0 Å². The maximum Gasteiger partial charge on any atom is 0.180 e. The predicted molar refractivity (Wildman–Crippen MR) is 143 cm³/mol. The van der Waals surface area contributed by atoms with Crippen LogP contribution in [0.3, 0.4) is 0 Å². The monoisotopic (exact) mass is 495 g/mol. The topological polar surface area (TPSA) is 59.4 Å². The molecule has 0 bridgehead atoms. The van der Waals surface area contributed by atoms with Crippen LogP contribution in [0.25, 0.3) is 10.9 Å². The second-order valence-corrected chi connectivity index (χ2v) is 13.2. The van der Waals surface area contributed by atoms with Crippen molar-refractivity contribution < 1.29 is 0 Å². The number of nitrogens with one attached hydrogen (secondary N) is 1. The van der Waals surface area contributed by atoms with E-state index in [1.165, 1.54) is 32.6 Å². The van der Waals surface area contributed by atoms with Crippen molar-refractivity contribution in [2.75, 3.05) is 0 Å². The molecule has 0 fully saturated rings. The molecule has 0 aliphatic heterocycles. The number of fused-ring (bicyclic) bond motifs is 1. The van der Waals surface area contributed by atoms with Crippen LogP contribution in [-0.2, 0) is 18.4 Å². The summed E-state index contributed by atoms with van der Waals surface area (Å²) in [7, 11) is 0. The molecule has 2 aromatic heterocycles. The minimum Gasteiger partial charge on any atom is -0.339 e. The van der Waals surface area contributed by atoms with Crippen LogP contribution in [-0.4, -0.2) is 29.9 Å². The van der Waals surface area contributed by atoms with E-state index in [1.807, 2.05) is 23.9 Å². The fourth-order valence-corrected chi connectivity index (χ4v) is 5.56. The zero-order chi connectivity index (χ0) is 24.7. The molecule has 0 unspecified atom stereocenters. The van der Waals surface area contributed by atoms with Crippen LogP contribution >= 0.6 is 23.4 Å². The van der Waals surface area contributed by atoms with E-state index in [4.69, 9.17) is 11.6 Å². The molecule has 34 heavy (non-hydrogen) atoms. The first-order chi connectivity index (χ1) is 15.9. The Kier molecular flexibility index (Phi) is 6.85. The first-order valence-electron chi connectivity index (χ1n) is 11.8. The van der Waals surface area contributed by atoms with Gasteiger partial charge in [-0.25, -0.2) is 0 Å². The number of H-pyrrole nitrogens is 1. The van der Waals surface area contributed by atoms with Crippen LogP contribution in [0.1, 0.15) is 77.0 Å². The number of nitrogens with zero attached hydrogens (tertiary/aromatic N) is 4. The van der Waals surface area contributed by atoms with Gasteiger partial charge >= 0.3 is 0 Å². The number of hydrogen-bond donors (Lipinski definition) is 1. The molecule has 0 radical (unpaired) electrons. The lowest BCUT2D eigenvalue weighted by Gasteiger charge is -2.25. The normalized spacial score (nSPS) is 12.7. The van der Waals surface area contributed by atoms with Gasteiger partial charge in [0.05, 0.1) is 0 Å². The Labute approximate surface area is 211 Å². The lowest BCUT2D eigenvalue weighted by Crippen LogP contribution is -2.25. The Morgan fingerprint density at radius 1 is 1.03 bits per heavy atom. The van der Waals surface area contributed by atoms with Crippen LogP contribution in [0.4, 0.5) is 0 Å². The van der Waals surface area contributed by atoms with Gasteiger partial charge in [-0.1, -0.05) is 83.5 Å². The highest BCUT2D eigenvalue weighted by Gasteiger charge is 2.31. The van der Waals surface area contributed by atoms with Gasteiger partial charge in [-0.3, -0.25) is 0 Å². The maximum atomic E-state index is 6.18. The third-order valence-corrected chi connectivity index (χ3v) is 7.56. The molecular weight excluding hydrogens is 462 g/mol. The molecule has 0 atom stereocenters. The van der Waals surface area contributed by atoms with Gasteiger partial charge in [0.15, 0.2) is 5.82 Å². The van der Waals surface area contributed by atoms with Crippen LogP contribution < -0.4 is 0 Å². The standard InChI is InChI=1S/C27H34ClN5S/c1-17(2)19-10-13-22-21(14-19)24(34-26(3,4)5)23(15-27(6,7)25-29-31-32-30-25)33(22)16-18-8-11-20(28)12-9-18/h8-14,17H,15-16H2,1-7H3,(H,29,30,31,32). The van der Waals surface area contributed by atoms with Crippen molar-refractivity contribution >= 4 is 34.3 Å². The lowest BCUT2D eigenvalue weighted by atomic mass is 9.87. The summed E-state index contributed by atoms with van der Waals surface area (Å²) in [6.45, 7) is 16.5. The van der Waals surface area contributed by atoms with Crippen LogP contribution in [0.15, 0.2) is 47.4 Å². The minimum absolute atomic E-state index is 0.0677. The van der Waals surface area contributed by atoms with Gasteiger partial charge in [-0.2, -0.15) is 5.21 Å². The summed E-state index contributed by atoms with van der Waals surface area (Å²) in [6.07, 6.45) is 0.796. The number of hydrogen-bond acceptors (Lipinski definition) is 4. The van der Waals surface area contributed by atoms with E-state index < -0.39 is 0 Å². The first-order valence-corrected chi connectivity index (χ1v) is 13.0. The lowest BCUT2D eigenvalue weighted by molar-refractivity contribution is 0.469. The Balaban J connectivity index is 1.95. The molecule has 5 nitrogen and oxygen atoms in total. The van der Waals surface area contributed by atoms with Gasteiger partial charge in [-0.15, -0.1) is 22.0 Å². The molecule has 2 aromatic carbocycles. The molecule has 0 aliphatic rings. The van der Waals surface area contributed by atoms with Gasteiger partial charge in [0.1, 0.15) is 0 Å². The fraction of sp³-hybridized carbons (Fsp3) is 0.444. The molecule has 180 valence electrons. The predicted octanol–water partition coefficient (Wildman–Crippen LogP) is 7.39. The summed E-state index contributed by atoms with van der Waals surface area (Å²) in [6, 6.07) is 15.1. The second kappa shape index (κ2) is 9.38. The van der Waals surface area contributed by atoms with Crippen molar-refractivity contribution in [1.82, 2.24) is 25.2 Å². The van der Waals surface area contributed by atoms with Crippen molar-refractivity contribution in [2.45, 2.75) is 82.4 Å². The van der Waals surface area contributed by atoms with Crippen molar-refractivity contribution in [3.63, 3.8) is 0 Å². The zero-order valence-electron chi connectivity index (χ0n) is 21.1. The molecule has 7 heteroatoms. The molecule has 4 rings (SSSR count). The molecule has 2 heterocycles. The molecule has 0 saturated carbocycles. The van der Waals surface area contributed by atoms with E-state index >= 15 is 0 Å². The highest BCUT2D eigenvalue weighted by molar-refractivity contribution is 8.00. The highest BCUT2D eigenvalue weighted by Crippen LogP contribution is 2.44. The molecule has 0 aliphatic carbocycles. The number of halogens is 1. The molecule has 0 amide bonds. The van der Waals surface area contributed by atoms with Gasteiger partial charge < -0.3 is 4.57 Å². The average molecular weight is 496 g/mol. The smallest absolute Gasteiger partial charge is 0.180 e. The van der Waals surface area contributed by atoms with E-state index in [2.05, 4.69) is 104 Å². The SMILES string of the molecule is CC(C)c1ccc2c(c1)c(SC(C)(C)C)c(CC(C)(C)c1nn[nH]n1)n2Cc1ccc(Cl)cc1. The highest BCUT2D eigenvalue weighted by atomic mass is 35.5. The summed E-state index contributed by atoms with van der Waals surface area (Å²) in [5, 5.41) is 17.2. The number of benzene rings is 2. The molecule has 0 spiro atoms. The Hall–Kier alpha value is -2.31. The van der Waals surface area contributed by atoms with Crippen molar-refractivity contribution in [3.8, 4) is 0 Å². The Morgan fingerprint density at radius 3 is 2.32 bits per heavy atom. The summed E-state index contributed by atoms with van der Waals surface area (Å²) < 4.78 is 2.54. The van der Waals surface area contributed by atoms with Crippen molar-refractivity contribution in [1.29, 1.82) is 0 Å². The van der Waals surface area contributed by atoms with Crippen LogP contribution in [0.2, 0.25) is 5.02 Å². The van der Waals surface area contributed by atoms with E-state index in [9.17, 15) is 0 Å². The van der Waals surface area contributed by atoms with E-state index in [0.717, 1.165) is 23.8 Å². The Morgan fingerprint density at radius 2 is 1.74 bits per heavy atom. The largest absolute Gasteiger partial charge is 0.339 e. The van der Waals surface area contributed by atoms with Crippen molar-refractivity contribution in [3.05, 3.63) is 70.1 Å². The number of aromatic nitrogens is 5. The summed E-state index contributed by atoms with van der Waals surface area (Å²) in [4.78, 5) is 1.34. The minimum atomic E-state index is -0.285. The van der Waals surface area contributed by atoms with Crippen molar-refractivity contribution in [2.24, 2.45) is 0 Å². The molecule has 1 N–H and O–H groups in total. The average Bonchev–Trinajstić information content (AvgIpc) is 3.38. The number of tetrazole rings is 1. The van der Waals surface area contributed by atoms with Gasteiger partial charge in [0, 0.05) is 49.6 Å². The van der Waals surface area contributed by atoms with E-state index in [0.29, 0.717) is 5.92 Å². The van der Waals surface area contributed by atoms with E-state index in [-0.39, 0.29) is 10.2 Å². The summed E-state index contributed by atoms with van der Waals surface area (Å²) in [5.41, 5.74) is 4.86. The zero-order valence-corrected chi connectivity index (χ0v) is 22.7. The Bertz CT molecular complexity index is 1270. The molecule has 0 saturated heterocycles. The first kappa shape index (κ1) is 24.8. The molecular formula is C27H34ClN5S. The third kappa shape index (κ3) is 5.33. The number of thioether (sulfide) groups is 1. The van der Waals surface area contributed by atoms with Crippen LogP contribution in [0.5, 0.6) is 0 Å². The quantitative estimate of drug-likeness (QED) is 0.271. The molecule has 4 aromatic rings. The van der Waals surface area contributed by atoms with Gasteiger partial charge in [0.2, 0.25) is 0 Å². The fourth-order valence-electron chi connectivity index (χ4n) is 4.25. The van der Waals surface area contributed by atoms with Gasteiger partial charge in [-0.05, 0) is 41.3 Å².